The molecule has 0 aliphatic carbocycles. The van der Waals surface area contributed by atoms with E-state index in [2.05, 4.69) is 25.6 Å². The molecule has 32 heavy (non-hydrogen) atoms. The van der Waals surface area contributed by atoms with Crippen molar-refractivity contribution in [2.75, 3.05) is 22.5 Å². The molecule has 4 heterocycles. The predicted octanol–water partition coefficient (Wildman–Crippen LogP) is 2.45. The fourth-order valence-corrected chi connectivity index (χ4v) is 3.07. The Morgan fingerprint density at radius 3 is 2.53 bits per heavy atom. The third-order valence-electron chi connectivity index (χ3n) is 4.64. The SMILES string of the molecule is Nc1ccc(C(=O)Nc2cnn3c2C(=O)N(c2ccc(C(F)(F)F)cn2)C[C@@H]3N=O)cn1. The second-order valence-electron chi connectivity index (χ2n) is 6.68. The highest BCUT2D eigenvalue weighted by atomic mass is 19.4. The van der Waals surface area contributed by atoms with Gasteiger partial charge >= 0.3 is 6.18 Å². The van der Waals surface area contributed by atoms with Gasteiger partial charge in [-0.1, -0.05) is 0 Å². The summed E-state index contributed by atoms with van der Waals surface area (Å²) in [5, 5.41) is 9.38. The van der Waals surface area contributed by atoms with E-state index in [4.69, 9.17) is 5.73 Å². The van der Waals surface area contributed by atoms with Crippen LogP contribution >= 0.6 is 0 Å². The van der Waals surface area contributed by atoms with E-state index in [1.807, 2.05) is 0 Å². The number of halogens is 3. The molecule has 0 unspecified atom stereocenters. The first-order valence-electron chi connectivity index (χ1n) is 8.97. The number of pyridine rings is 2. The van der Waals surface area contributed by atoms with Crippen molar-refractivity contribution >= 4 is 29.1 Å². The lowest BCUT2D eigenvalue weighted by molar-refractivity contribution is -0.137. The smallest absolute Gasteiger partial charge is 0.384 e. The van der Waals surface area contributed by atoms with Gasteiger partial charge in [-0.3, -0.25) is 14.5 Å². The van der Waals surface area contributed by atoms with Gasteiger partial charge < -0.3 is 11.1 Å². The molecule has 1 aliphatic heterocycles. The van der Waals surface area contributed by atoms with Gasteiger partial charge in [-0.15, -0.1) is 4.91 Å². The summed E-state index contributed by atoms with van der Waals surface area (Å²) in [4.78, 5) is 45.4. The first kappa shape index (κ1) is 20.9. The number of alkyl halides is 3. The number of nitrogens with one attached hydrogen (secondary N) is 1. The van der Waals surface area contributed by atoms with Gasteiger partial charge in [0.15, 0.2) is 5.69 Å². The van der Waals surface area contributed by atoms with E-state index >= 15 is 0 Å². The molecule has 0 fully saturated rings. The molecule has 3 aromatic heterocycles. The zero-order chi connectivity index (χ0) is 23.0. The quantitative estimate of drug-likeness (QED) is 0.585. The number of rotatable bonds is 4. The molecular weight excluding hydrogens is 433 g/mol. The maximum absolute atomic E-state index is 13.1. The molecule has 164 valence electrons. The summed E-state index contributed by atoms with van der Waals surface area (Å²) in [6.07, 6.45) is -2.81. The van der Waals surface area contributed by atoms with Crippen LogP contribution in [-0.4, -0.2) is 38.1 Å². The van der Waals surface area contributed by atoms with Crippen molar-refractivity contribution in [3.63, 3.8) is 0 Å². The van der Waals surface area contributed by atoms with Crippen LogP contribution in [0.15, 0.2) is 48.0 Å². The van der Waals surface area contributed by atoms with E-state index in [1.54, 1.807) is 0 Å². The van der Waals surface area contributed by atoms with Gasteiger partial charge in [-0.05, 0) is 29.4 Å². The number of nitroso groups, excluding NO2 is 1. The number of carbonyl (C=O) groups is 2. The highest BCUT2D eigenvalue weighted by molar-refractivity contribution is 6.12. The molecule has 14 heteroatoms. The lowest BCUT2D eigenvalue weighted by Crippen LogP contribution is -2.43. The van der Waals surface area contributed by atoms with E-state index in [1.165, 1.54) is 18.3 Å². The number of aromatic nitrogens is 4. The molecule has 11 nitrogen and oxygen atoms in total. The fourth-order valence-electron chi connectivity index (χ4n) is 3.07. The molecule has 3 N–H and O–H groups in total. The van der Waals surface area contributed by atoms with Gasteiger partial charge in [-0.25, -0.2) is 14.6 Å². The van der Waals surface area contributed by atoms with Gasteiger partial charge in [-0.2, -0.15) is 18.3 Å². The molecule has 0 spiro atoms. The Bertz CT molecular complexity index is 1190. The zero-order valence-corrected chi connectivity index (χ0v) is 15.9. The minimum atomic E-state index is -4.60. The Kier molecular flexibility index (Phi) is 5.04. The van der Waals surface area contributed by atoms with E-state index < -0.39 is 29.7 Å². The summed E-state index contributed by atoms with van der Waals surface area (Å²) in [7, 11) is 0. The lowest BCUT2D eigenvalue weighted by atomic mass is 10.2. The van der Waals surface area contributed by atoms with Crippen LogP contribution < -0.4 is 16.0 Å². The first-order valence-corrected chi connectivity index (χ1v) is 8.97. The molecule has 4 rings (SSSR count). The molecule has 3 aromatic rings. The Morgan fingerprint density at radius 1 is 1.16 bits per heavy atom. The largest absolute Gasteiger partial charge is 0.417 e. The number of hydrogen-bond donors (Lipinski definition) is 2. The van der Waals surface area contributed by atoms with Crippen LogP contribution in [0.4, 0.5) is 30.5 Å². The van der Waals surface area contributed by atoms with Crippen molar-refractivity contribution in [1.29, 1.82) is 0 Å². The summed E-state index contributed by atoms with van der Waals surface area (Å²) >= 11 is 0. The second-order valence-corrected chi connectivity index (χ2v) is 6.68. The van der Waals surface area contributed by atoms with Crippen LogP contribution in [0.2, 0.25) is 0 Å². The average Bonchev–Trinajstić information content (AvgIpc) is 3.18. The summed E-state index contributed by atoms with van der Waals surface area (Å²) in [6, 6.07) is 4.61. The van der Waals surface area contributed by atoms with Gasteiger partial charge in [0.25, 0.3) is 11.8 Å². The molecule has 1 aliphatic rings. The minimum absolute atomic E-state index is 0.0258. The number of nitrogen functional groups attached to an aromatic ring is 1. The lowest BCUT2D eigenvalue weighted by Gasteiger charge is -2.30. The molecule has 0 bridgehead atoms. The fraction of sp³-hybridized carbons (Fsp3) is 0.167. The zero-order valence-electron chi connectivity index (χ0n) is 15.9. The second kappa shape index (κ2) is 7.72. The Hall–Kier alpha value is -4.36. The van der Waals surface area contributed by atoms with E-state index in [-0.39, 0.29) is 35.1 Å². The first-order chi connectivity index (χ1) is 15.2. The molecule has 2 amide bonds. The summed E-state index contributed by atoms with van der Waals surface area (Å²) < 4.78 is 39.5. The number of carbonyl (C=O) groups excluding carboxylic acids is 2. The molecule has 0 saturated heterocycles. The highest BCUT2D eigenvalue weighted by Crippen LogP contribution is 2.32. The normalized spacial score (nSPS) is 15.9. The van der Waals surface area contributed by atoms with Gasteiger partial charge in [0.05, 0.1) is 29.6 Å². The molecule has 0 saturated carbocycles. The van der Waals surface area contributed by atoms with E-state index in [9.17, 15) is 27.7 Å². The van der Waals surface area contributed by atoms with E-state index in [0.29, 0.717) is 6.20 Å². The van der Waals surface area contributed by atoms with Crippen molar-refractivity contribution in [2.45, 2.75) is 12.3 Å². The maximum atomic E-state index is 13.1. The van der Waals surface area contributed by atoms with Gasteiger partial charge in [0, 0.05) is 12.4 Å². The summed E-state index contributed by atoms with van der Waals surface area (Å²) in [6.45, 7) is -0.301. The average molecular weight is 446 g/mol. The Morgan fingerprint density at radius 2 is 1.94 bits per heavy atom. The van der Waals surface area contributed by atoms with Crippen molar-refractivity contribution < 1.29 is 22.8 Å². The Labute approximate surface area is 177 Å². The third kappa shape index (κ3) is 3.73. The predicted molar refractivity (Wildman–Crippen MR) is 105 cm³/mol. The minimum Gasteiger partial charge on any atom is -0.384 e. The third-order valence-corrected chi connectivity index (χ3v) is 4.64. The van der Waals surface area contributed by atoms with Crippen molar-refractivity contribution in [3.8, 4) is 0 Å². The van der Waals surface area contributed by atoms with Crippen LogP contribution in [0.5, 0.6) is 0 Å². The molecular formula is C18H13F3N8O3. The molecule has 0 radical (unpaired) electrons. The Balaban J connectivity index is 1.66. The standard InChI is InChI=1S/C18H13F3N8O3/c19-18(20,21)10-2-4-13(24-6-10)28-8-14(27-32)29-15(17(28)31)11(7-25-29)26-16(30)9-1-3-12(22)23-5-9/h1-7,14H,8H2,(H2,22,23)(H,26,30)/t14-/m1/s1. The van der Waals surface area contributed by atoms with Crippen LogP contribution in [0, 0.1) is 4.91 Å². The monoisotopic (exact) mass is 446 g/mol. The van der Waals surface area contributed by atoms with Gasteiger partial charge in [0.2, 0.25) is 6.17 Å². The summed E-state index contributed by atoms with van der Waals surface area (Å²) in [5.41, 5.74) is 4.44. The van der Waals surface area contributed by atoms with Crippen LogP contribution in [0.3, 0.4) is 0 Å². The van der Waals surface area contributed by atoms with Crippen LogP contribution in [-0.2, 0) is 6.18 Å². The number of amides is 2. The highest BCUT2D eigenvalue weighted by Gasteiger charge is 2.38. The number of nitrogens with two attached hydrogens (primary N) is 1. The molecule has 1 atom stereocenters. The van der Waals surface area contributed by atoms with E-state index in [0.717, 1.165) is 27.9 Å². The molecule has 0 aromatic carbocycles. The van der Waals surface area contributed by atoms with Crippen molar-refractivity contribution in [1.82, 2.24) is 19.7 Å². The van der Waals surface area contributed by atoms with Crippen molar-refractivity contribution in [3.05, 3.63) is 64.6 Å². The summed E-state index contributed by atoms with van der Waals surface area (Å²) in [5.74, 6) is -1.27. The maximum Gasteiger partial charge on any atom is 0.417 e. The number of fused-ring (bicyclic) bond motifs is 1. The van der Waals surface area contributed by atoms with Crippen LogP contribution in [0.1, 0.15) is 32.6 Å². The van der Waals surface area contributed by atoms with Crippen LogP contribution in [0.25, 0.3) is 0 Å². The number of anilines is 3. The van der Waals surface area contributed by atoms with Gasteiger partial charge in [0.1, 0.15) is 11.6 Å². The topological polar surface area (TPSA) is 148 Å². The number of nitrogens with zero attached hydrogens (tertiary/aromatic N) is 6. The number of hydrogen-bond acceptors (Lipinski definition) is 8. The van der Waals surface area contributed by atoms with Crippen molar-refractivity contribution in [2.24, 2.45) is 5.18 Å².